The van der Waals surface area contributed by atoms with E-state index in [1.54, 1.807) is 20.8 Å². The van der Waals surface area contributed by atoms with Crippen molar-refractivity contribution in [3.63, 3.8) is 0 Å². The molecule has 0 aromatic carbocycles. The van der Waals surface area contributed by atoms with Crippen LogP contribution in [-0.2, 0) is 52.3 Å². The minimum Gasteiger partial charge on any atom is -0.456 e. The summed E-state index contributed by atoms with van der Waals surface area (Å²) in [7, 11) is 1.49. The quantitative estimate of drug-likeness (QED) is 0.396. The second-order valence-electron chi connectivity index (χ2n) is 8.80. The van der Waals surface area contributed by atoms with Gasteiger partial charge in [-0.2, -0.15) is 0 Å². The van der Waals surface area contributed by atoms with Crippen molar-refractivity contribution in [1.82, 2.24) is 5.32 Å². The summed E-state index contributed by atoms with van der Waals surface area (Å²) in [5.74, 6) is -2.28. The number of esters is 3. The molecule has 0 spiro atoms. The first-order chi connectivity index (χ1) is 15.8. The Bertz CT molecular complexity index is 774. The molecule has 1 amide bonds. The van der Waals surface area contributed by atoms with Crippen LogP contribution in [0, 0.1) is 0 Å². The van der Waals surface area contributed by atoms with Crippen LogP contribution < -0.4 is 5.32 Å². The number of nitrogens with one attached hydrogen (secondary N) is 1. The number of hydrogen-bond donors (Lipinski definition) is 1. The van der Waals surface area contributed by atoms with E-state index in [0.717, 1.165) is 0 Å². The van der Waals surface area contributed by atoms with Gasteiger partial charge in [-0.1, -0.05) is 0 Å². The van der Waals surface area contributed by atoms with E-state index >= 15 is 0 Å². The monoisotopic (exact) mass is 489 g/mol. The number of hydrogen-bond acceptors (Lipinski definition) is 11. The summed E-state index contributed by atoms with van der Waals surface area (Å²) in [6.07, 6.45) is -7.22. The van der Waals surface area contributed by atoms with Crippen LogP contribution in [0.3, 0.4) is 0 Å². The topological polar surface area (TPSA) is 145 Å². The zero-order chi connectivity index (χ0) is 25.8. The largest absolute Gasteiger partial charge is 0.456 e. The van der Waals surface area contributed by atoms with E-state index in [9.17, 15) is 19.2 Å². The van der Waals surface area contributed by atoms with Gasteiger partial charge >= 0.3 is 17.9 Å². The molecule has 0 saturated carbocycles. The zero-order valence-electron chi connectivity index (χ0n) is 20.8. The van der Waals surface area contributed by atoms with Crippen LogP contribution in [0.25, 0.3) is 0 Å². The number of ether oxygens (including phenoxy) is 7. The molecule has 12 heteroatoms. The summed E-state index contributed by atoms with van der Waals surface area (Å²) in [6, 6.07) is 0. The minimum atomic E-state index is -1.27. The first-order valence-electron chi connectivity index (χ1n) is 11.1. The highest BCUT2D eigenvalue weighted by Crippen LogP contribution is 2.36. The number of amides is 1. The summed E-state index contributed by atoms with van der Waals surface area (Å²) < 4.78 is 39.6. The summed E-state index contributed by atoms with van der Waals surface area (Å²) in [4.78, 5) is 47.5. The van der Waals surface area contributed by atoms with Crippen LogP contribution in [-0.4, -0.2) is 85.7 Å². The molecule has 0 radical (unpaired) electrons. The molecular formula is C22H35NO11. The average Bonchev–Trinajstić information content (AvgIpc) is 2.68. The fourth-order valence-electron chi connectivity index (χ4n) is 4.49. The van der Waals surface area contributed by atoms with Gasteiger partial charge in [-0.15, -0.1) is 0 Å². The van der Waals surface area contributed by atoms with Crippen molar-refractivity contribution in [2.75, 3.05) is 7.11 Å². The Balaban J connectivity index is 2.43. The first-order valence-corrected chi connectivity index (χ1v) is 11.1. The standard InChI is InChI=1S/C22H35NO11/c1-10-17(31-13(4)25)18(32-14(5)26)19(33-15(6)27)21(30-10)34-20-11(2)29-16(28-8)9-22(20,7)23-12(3)24/h10-11,16-21H,9H2,1-8H3,(H,23,24)/t10-,11-,16-,17+,18+,19-,20-,21+,22+/m0/s1. The van der Waals surface area contributed by atoms with Gasteiger partial charge in [0.05, 0.1) is 17.7 Å². The molecule has 194 valence electrons. The SMILES string of the molecule is CO[C@@H]1C[C@@](C)(NC(C)=O)[C@@H](O[C@H]2O[C@@H](C)[C@@H](OC(C)=O)[C@@H](OC(C)=O)[C@@H]2OC(C)=O)[C@H](C)O1. The Morgan fingerprint density at radius 1 is 0.824 bits per heavy atom. The summed E-state index contributed by atoms with van der Waals surface area (Å²) >= 11 is 0. The molecule has 1 N–H and O–H groups in total. The molecule has 0 aromatic rings. The Morgan fingerprint density at radius 2 is 1.35 bits per heavy atom. The lowest BCUT2D eigenvalue weighted by molar-refractivity contribution is -0.336. The molecule has 34 heavy (non-hydrogen) atoms. The summed E-state index contributed by atoms with van der Waals surface area (Å²) in [5.41, 5.74) is -0.943. The maximum Gasteiger partial charge on any atom is 0.303 e. The molecule has 0 unspecified atom stereocenters. The van der Waals surface area contributed by atoms with Gasteiger partial charge in [-0.3, -0.25) is 19.2 Å². The van der Waals surface area contributed by atoms with Crippen molar-refractivity contribution in [2.24, 2.45) is 0 Å². The van der Waals surface area contributed by atoms with Gasteiger partial charge in [0.15, 0.2) is 30.9 Å². The number of carbonyl (C=O) groups excluding carboxylic acids is 4. The van der Waals surface area contributed by atoms with Crippen molar-refractivity contribution in [1.29, 1.82) is 0 Å². The Hall–Kier alpha value is -2.28. The van der Waals surface area contributed by atoms with E-state index < -0.39 is 72.7 Å². The van der Waals surface area contributed by atoms with Gasteiger partial charge in [0.25, 0.3) is 0 Å². The molecule has 2 aliphatic heterocycles. The molecule has 2 saturated heterocycles. The van der Waals surface area contributed by atoms with Crippen molar-refractivity contribution in [3.05, 3.63) is 0 Å². The third-order valence-corrected chi connectivity index (χ3v) is 5.65. The van der Waals surface area contributed by atoms with Crippen LogP contribution in [0.1, 0.15) is 54.9 Å². The molecule has 2 fully saturated rings. The van der Waals surface area contributed by atoms with Crippen LogP contribution in [0.15, 0.2) is 0 Å². The molecule has 0 bridgehead atoms. The van der Waals surface area contributed by atoms with E-state index in [2.05, 4.69) is 5.32 Å². The van der Waals surface area contributed by atoms with Gasteiger partial charge in [0.1, 0.15) is 6.10 Å². The third-order valence-electron chi connectivity index (χ3n) is 5.65. The lowest BCUT2D eigenvalue weighted by Gasteiger charge is -2.50. The summed E-state index contributed by atoms with van der Waals surface area (Å²) in [5, 5.41) is 2.90. The van der Waals surface area contributed by atoms with E-state index in [1.807, 2.05) is 0 Å². The van der Waals surface area contributed by atoms with Crippen molar-refractivity contribution < 1.29 is 52.3 Å². The van der Waals surface area contributed by atoms with Crippen LogP contribution in [0.4, 0.5) is 0 Å². The molecule has 2 heterocycles. The van der Waals surface area contributed by atoms with Crippen molar-refractivity contribution >= 4 is 23.8 Å². The fourth-order valence-corrected chi connectivity index (χ4v) is 4.49. The average molecular weight is 490 g/mol. The molecule has 0 aromatic heterocycles. The molecular weight excluding hydrogens is 454 g/mol. The van der Waals surface area contributed by atoms with E-state index in [0.29, 0.717) is 0 Å². The molecule has 9 atom stereocenters. The van der Waals surface area contributed by atoms with Crippen LogP contribution in [0.2, 0.25) is 0 Å². The predicted octanol–water partition coefficient (Wildman–Crippen LogP) is 0.588. The highest BCUT2D eigenvalue weighted by atomic mass is 16.7. The molecule has 0 aliphatic carbocycles. The molecule has 12 nitrogen and oxygen atoms in total. The smallest absolute Gasteiger partial charge is 0.303 e. The highest BCUT2D eigenvalue weighted by molar-refractivity contribution is 5.74. The zero-order valence-corrected chi connectivity index (χ0v) is 20.8. The van der Waals surface area contributed by atoms with Gasteiger partial charge < -0.3 is 38.5 Å². The van der Waals surface area contributed by atoms with Crippen molar-refractivity contribution in [2.45, 2.75) is 110 Å². The van der Waals surface area contributed by atoms with Gasteiger partial charge in [0.2, 0.25) is 5.91 Å². The highest BCUT2D eigenvalue weighted by Gasteiger charge is 2.55. The Morgan fingerprint density at radius 3 is 1.85 bits per heavy atom. The second kappa shape index (κ2) is 11.4. The van der Waals surface area contributed by atoms with Crippen molar-refractivity contribution in [3.8, 4) is 0 Å². The molecule has 2 rings (SSSR count). The number of methoxy groups -OCH3 is 1. The lowest BCUT2D eigenvalue weighted by atomic mass is 9.84. The normalized spacial score (nSPS) is 37.9. The second-order valence-corrected chi connectivity index (χ2v) is 8.80. The number of carbonyl (C=O) groups is 4. The van der Waals surface area contributed by atoms with Gasteiger partial charge in [-0.25, -0.2) is 0 Å². The van der Waals surface area contributed by atoms with E-state index in [-0.39, 0.29) is 12.3 Å². The Kier molecular flexibility index (Phi) is 9.40. The van der Waals surface area contributed by atoms with E-state index in [1.165, 1.54) is 34.8 Å². The van der Waals surface area contributed by atoms with Crippen LogP contribution in [0.5, 0.6) is 0 Å². The summed E-state index contributed by atoms with van der Waals surface area (Å²) in [6.45, 7) is 10.1. The van der Waals surface area contributed by atoms with Crippen LogP contribution >= 0.6 is 0 Å². The minimum absolute atomic E-state index is 0.266. The number of rotatable bonds is 7. The van der Waals surface area contributed by atoms with Gasteiger partial charge in [-0.05, 0) is 20.8 Å². The predicted molar refractivity (Wildman–Crippen MR) is 114 cm³/mol. The van der Waals surface area contributed by atoms with E-state index in [4.69, 9.17) is 33.2 Å². The lowest BCUT2D eigenvalue weighted by Crippen LogP contribution is -2.68. The van der Waals surface area contributed by atoms with Gasteiger partial charge in [0, 0.05) is 41.2 Å². The molecule has 2 aliphatic rings. The maximum absolute atomic E-state index is 12.0. The first kappa shape index (κ1) is 28.0. The third kappa shape index (κ3) is 6.87. The fraction of sp³-hybridized carbons (Fsp3) is 0.818. The maximum atomic E-state index is 12.0. The Labute approximate surface area is 198 Å².